The number of amides is 2. The number of ketones is 1. The third-order valence-corrected chi connectivity index (χ3v) is 7.31. The van der Waals surface area contributed by atoms with E-state index in [1.807, 2.05) is 49.4 Å². The molecule has 2 aromatic carbocycles. The van der Waals surface area contributed by atoms with Gasteiger partial charge in [-0.2, -0.15) is 5.10 Å². The second-order valence-corrected chi connectivity index (χ2v) is 9.90. The molecule has 10 heteroatoms. The number of aryl methyl sites for hydroxylation is 1. The molecule has 1 aliphatic heterocycles. The molecule has 0 saturated carbocycles. The van der Waals surface area contributed by atoms with Gasteiger partial charge in [-0.3, -0.25) is 14.4 Å². The fourth-order valence-electron chi connectivity index (χ4n) is 5.15. The molecule has 1 N–H and O–H groups in total. The van der Waals surface area contributed by atoms with Gasteiger partial charge in [-0.1, -0.05) is 42.0 Å². The summed E-state index contributed by atoms with van der Waals surface area (Å²) >= 11 is 0. The van der Waals surface area contributed by atoms with E-state index in [0.29, 0.717) is 41.1 Å². The van der Waals surface area contributed by atoms with Crippen molar-refractivity contribution in [3.8, 4) is 22.8 Å². The van der Waals surface area contributed by atoms with Crippen LogP contribution in [0.3, 0.4) is 0 Å². The molecule has 0 bridgehead atoms. The van der Waals surface area contributed by atoms with E-state index in [4.69, 9.17) is 9.84 Å². The number of H-pyrrole nitrogens is 1. The number of rotatable bonds is 6. The van der Waals surface area contributed by atoms with Gasteiger partial charge in [-0.05, 0) is 31.2 Å². The van der Waals surface area contributed by atoms with Crippen molar-refractivity contribution in [2.24, 2.45) is 0 Å². The fourth-order valence-corrected chi connectivity index (χ4v) is 5.15. The van der Waals surface area contributed by atoms with Gasteiger partial charge >= 0.3 is 0 Å². The van der Waals surface area contributed by atoms with Gasteiger partial charge in [0.1, 0.15) is 5.75 Å². The van der Waals surface area contributed by atoms with Crippen LogP contribution in [-0.2, 0) is 4.79 Å². The van der Waals surface area contributed by atoms with Crippen LogP contribution in [0.1, 0.15) is 26.3 Å². The molecule has 0 aliphatic carbocycles. The maximum absolute atomic E-state index is 13.5. The Balaban J connectivity index is 1.24. The number of Topliss-reactive ketones (excluding diaryl/α,β-unsaturated/α-hetero) is 1. The summed E-state index contributed by atoms with van der Waals surface area (Å²) in [6, 6.07) is 19.0. The zero-order chi connectivity index (χ0) is 28.5. The van der Waals surface area contributed by atoms with E-state index in [1.165, 1.54) is 24.4 Å². The van der Waals surface area contributed by atoms with E-state index in [-0.39, 0.29) is 24.6 Å². The van der Waals surface area contributed by atoms with E-state index >= 15 is 0 Å². The number of hydrogen-bond donors (Lipinski definition) is 1. The number of hydrogen-bond acceptors (Lipinski definition) is 6. The number of nitrogens with one attached hydrogen (secondary N) is 1. The third kappa shape index (κ3) is 4.84. The number of piperazine rings is 1. The monoisotopic (exact) mass is 548 g/mol. The lowest BCUT2D eigenvalue weighted by Crippen LogP contribution is -2.52. The Morgan fingerprint density at radius 1 is 0.927 bits per heavy atom. The van der Waals surface area contributed by atoms with E-state index in [1.54, 1.807) is 27.9 Å². The maximum Gasteiger partial charge on any atom is 0.295 e. The Kier molecular flexibility index (Phi) is 6.80. The first-order chi connectivity index (χ1) is 19.9. The van der Waals surface area contributed by atoms with Crippen LogP contribution in [0.5, 0.6) is 5.75 Å². The number of carbonyl (C=O) groups excluding carboxylic acids is 3. The van der Waals surface area contributed by atoms with E-state index in [0.717, 1.165) is 16.8 Å². The predicted octanol–water partition coefficient (Wildman–Crippen LogP) is 3.90. The van der Waals surface area contributed by atoms with Crippen molar-refractivity contribution in [2.45, 2.75) is 6.92 Å². The number of methoxy groups -OCH3 is 1. The molecule has 2 amide bonds. The normalized spacial score (nSPS) is 13.4. The average Bonchev–Trinajstić information content (AvgIpc) is 3.69. The summed E-state index contributed by atoms with van der Waals surface area (Å²) in [5.74, 6) is -0.534. The first-order valence-electron chi connectivity index (χ1n) is 13.3. The Labute approximate surface area is 236 Å². The molecule has 0 radical (unpaired) electrons. The van der Waals surface area contributed by atoms with Crippen LogP contribution >= 0.6 is 0 Å². The number of benzene rings is 2. The molecule has 4 heterocycles. The summed E-state index contributed by atoms with van der Waals surface area (Å²) in [7, 11) is 1.49. The van der Waals surface area contributed by atoms with Gasteiger partial charge in [0.25, 0.3) is 17.6 Å². The van der Waals surface area contributed by atoms with Crippen LogP contribution < -0.4 is 4.74 Å². The smallest absolute Gasteiger partial charge is 0.295 e. The molecule has 1 saturated heterocycles. The quantitative estimate of drug-likeness (QED) is 0.254. The number of aromatic nitrogens is 4. The van der Waals surface area contributed by atoms with Crippen LogP contribution in [0.15, 0.2) is 79.3 Å². The molecule has 5 aromatic rings. The van der Waals surface area contributed by atoms with Crippen molar-refractivity contribution in [3.05, 3.63) is 95.9 Å². The third-order valence-electron chi connectivity index (χ3n) is 7.31. The van der Waals surface area contributed by atoms with Crippen molar-refractivity contribution >= 4 is 28.5 Å². The minimum absolute atomic E-state index is 0.0883. The highest BCUT2D eigenvalue weighted by Gasteiger charge is 2.31. The van der Waals surface area contributed by atoms with E-state index < -0.39 is 11.7 Å². The second kappa shape index (κ2) is 10.7. The van der Waals surface area contributed by atoms with Crippen molar-refractivity contribution in [1.29, 1.82) is 0 Å². The highest BCUT2D eigenvalue weighted by atomic mass is 16.5. The van der Waals surface area contributed by atoms with Gasteiger partial charge in [-0.15, -0.1) is 0 Å². The van der Waals surface area contributed by atoms with Crippen LogP contribution in [0.4, 0.5) is 0 Å². The Morgan fingerprint density at radius 3 is 2.41 bits per heavy atom. The number of nitrogens with zero attached hydrogens (tertiary/aromatic N) is 5. The van der Waals surface area contributed by atoms with Crippen molar-refractivity contribution in [1.82, 2.24) is 29.5 Å². The van der Waals surface area contributed by atoms with Crippen molar-refractivity contribution in [2.75, 3.05) is 33.3 Å². The zero-order valence-electron chi connectivity index (χ0n) is 22.7. The van der Waals surface area contributed by atoms with Crippen LogP contribution in [-0.4, -0.2) is 80.4 Å². The molecule has 0 atom stereocenters. The molecule has 1 fully saturated rings. The van der Waals surface area contributed by atoms with Gasteiger partial charge in [0.15, 0.2) is 5.82 Å². The molecule has 3 aromatic heterocycles. The molecule has 206 valence electrons. The number of ether oxygens (including phenoxy) is 1. The predicted molar refractivity (Wildman–Crippen MR) is 153 cm³/mol. The standard InChI is InChI=1S/C31H28N6O4/c1-20-7-6-10-22(17-20)24-11-12-37(34-24)29-27-26(25(41-2)19-33-29)23(18-32-27)28(38)31(40)36-15-13-35(14-16-36)30(39)21-8-4-3-5-9-21/h3-12,17-19,32H,13-16H2,1-2H3. The molecule has 0 unspecified atom stereocenters. The lowest BCUT2D eigenvalue weighted by molar-refractivity contribution is -0.127. The number of aromatic amines is 1. The van der Waals surface area contributed by atoms with Crippen LogP contribution in [0.2, 0.25) is 0 Å². The minimum Gasteiger partial charge on any atom is -0.494 e. The number of fused-ring (bicyclic) bond motifs is 1. The highest BCUT2D eigenvalue weighted by molar-refractivity contribution is 6.45. The summed E-state index contributed by atoms with van der Waals surface area (Å²) in [6.45, 7) is 3.26. The summed E-state index contributed by atoms with van der Waals surface area (Å²) in [6.07, 6.45) is 4.84. The minimum atomic E-state index is -0.657. The molecule has 10 nitrogen and oxygen atoms in total. The SMILES string of the molecule is COc1cnc(-n2ccc(-c3cccc(C)c3)n2)c2[nH]cc(C(=O)C(=O)N3CCN(C(=O)c4ccccc4)CC3)c12. The number of pyridine rings is 1. The largest absolute Gasteiger partial charge is 0.494 e. The molecule has 41 heavy (non-hydrogen) atoms. The highest BCUT2D eigenvalue weighted by Crippen LogP contribution is 2.32. The van der Waals surface area contributed by atoms with Gasteiger partial charge in [0.05, 0.1) is 35.5 Å². The lowest BCUT2D eigenvalue weighted by Gasteiger charge is -2.34. The van der Waals surface area contributed by atoms with Crippen LogP contribution in [0.25, 0.3) is 28.0 Å². The molecule has 6 rings (SSSR count). The fraction of sp³-hybridized carbons (Fsp3) is 0.194. The maximum atomic E-state index is 13.5. The summed E-state index contributed by atoms with van der Waals surface area (Å²) in [5.41, 5.74) is 4.21. The summed E-state index contributed by atoms with van der Waals surface area (Å²) in [4.78, 5) is 50.4. The first-order valence-corrected chi connectivity index (χ1v) is 13.3. The van der Waals surface area contributed by atoms with E-state index in [9.17, 15) is 14.4 Å². The van der Waals surface area contributed by atoms with Gasteiger partial charge in [-0.25, -0.2) is 9.67 Å². The summed E-state index contributed by atoms with van der Waals surface area (Å²) < 4.78 is 7.16. The van der Waals surface area contributed by atoms with Gasteiger partial charge < -0.3 is 19.5 Å². The Morgan fingerprint density at radius 2 is 1.68 bits per heavy atom. The molecular weight excluding hydrogens is 520 g/mol. The molecular formula is C31H28N6O4. The average molecular weight is 549 g/mol. The Bertz CT molecular complexity index is 1770. The van der Waals surface area contributed by atoms with Crippen LogP contribution in [0, 0.1) is 6.92 Å². The lowest BCUT2D eigenvalue weighted by atomic mass is 10.1. The van der Waals surface area contributed by atoms with Crippen molar-refractivity contribution in [3.63, 3.8) is 0 Å². The first kappa shape index (κ1) is 26.0. The van der Waals surface area contributed by atoms with E-state index in [2.05, 4.69) is 16.0 Å². The zero-order valence-corrected chi connectivity index (χ0v) is 22.7. The topological polar surface area (TPSA) is 113 Å². The van der Waals surface area contributed by atoms with Crippen molar-refractivity contribution < 1.29 is 19.1 Å². The summed E-state index contributed by atoms with van der Waals surface area (Å²) in [5, 5.41) is 5.16. The van der Waals surface area contributed by atoms with Gasteiger partial charge in [0, 0.05) is 49.7 Å². The Hall–Kier alpha value is -5.25. The number of carbonyl (C=O) groups is 3. The van der Waals surface area contributed by atoms with Gasteiger partial charge in [0.2, 0.25) is 0 Å². The molecule has 1 aliphatic rings. The molecule has 0 spiro atoms. The second-order valence-electron chi connectivity index (χ2n) is 9.90.